The summed E-state index contributed by atoms with van der Waals surface area (Å²) in [6.45, 7) is 12.9. The number of likely N-dealkylation sites (tertiary alicyclic amines) is 1. The molecule has 1 fully saturated rings. The zero-order valence-corrected chi connectivity index (χ0v) is 27.5. The number of methoxy groups -OCH3 is 3. The number of nitrogens with zero attached hydrogens (tertiary/aromatic N) is 1. The van der Waals surface area contributed by atoms with E-state index in [1.165, 1.54) is 17.5 Å². The minimum atomic E-state index is -2.65. The van der Waals surface area contributed by atoms with Gasteiger partial charge in [-0.05, 0) is 46.2 Å². The fourth-order valence-electron chi connectivity index (χ4n) is 6.64. The topological polar surface area (TPSA) is 57.2 Å². The predicted molar refractivity (Wildman–Crippen MR) is 176 cm³/mol. The van der Waals surface area contributed by atoms with Crippen molar-refractivity contribution in [3.63, 3.8) is 0 Å². The smallest absolute Gasteiger partial charge is 0.323 e. The fraction of sp³-hybridized carbons (Fsp3) is 0.417. The molecule has 3 aromatic rings. The van der Waals surface area contributed by atoms with Crippen molar-refractivity contribution in [1.82, 2.24) is 4.90 Å². The van der Waals surface area contributed by atoms with Gasteiger partial charge in [0.15, 0.2) is 0 Å². The Hall–Kier alpha value is -3.39. The summed E-state index contributed by atoms with van der Waals surface area (Å²) in [5, 5.41) is 2.44. The highest BCUT2D eigenvalue weighted by Crippen LogP contribution is 2.39. The van der Waals surface area contributed by atoms with Crippen LogP contribution in [-0.4, -0.2) is 59.7 Å². The number of carbonyl (C=O) groups is 1. The molecular formula is C36H47NO5Si. The normalized spacial score (nSPS) is 19.4. The van der Waals surface area contributed by atoms with E-state index in [2.05, 4.69) is 92.9 Å². The number of hydrogen-bond donors (Lipinski definition) is 0. The van der Waals surface area contributed by atoms with E-state index in [-0.39, 0.29) is 28.9 Å². The molecule has 0 N–H and O–H groups in total. The number of esters is 1. The molecule has 43 heavy (non-hydrogen) atoms. The lowest BCUT2D eigenvalue weighted by atomic mass is 9.79. The van der Waals surface area contributed by atoms with Gasteiger partial charge < -0.3 is 18.6 Å². The second-order valence-electron chi connectivity index (χ2n) is 12.3. The van der Waals surface area contributed by atoms with Crippen LogP contribution in [0.3, 0.4) is 0 Å². The van der Waals surface area contributed by atoms with Crippen LogP contribution in [0.15, 0.2) is 91.5 Å². The Morgan fingerprint density at radius 1 is 0.953 bits per heavy atom. The van der Waals surface area contributed by atoms with Crippen molar-refractivity contribution >= 4 is 24.7 Å². The lowest BCUT2D eigenvalue weighted by molar-refractivity contribution is -0.150. The Kier molecular flexibility index (Phi) is 10.9. The van der Waals surface area contributed by atoms with Gasteiger partial charge in [0.05, 0.1) is 21.3 Å². The number of rotatable bonds is 12. The van der Waals surface area contributed by atoms with Crippen LogP contribution in [0.5, 0.6) is 11.5 Å². The summed E-state index contributed by atoms with van der Waals surface area (Å²) in [7, 11) is 2.11. The molecule has 0 unspecified atom stereocenters. The van der Waals surface area contributed by atoms with Crippen LogP contribution in [0.2, 0.25) is 5.04 Å². The number of benzene rings is 3. The first-order chi connectivity index (χ1) is 20.7. The summed E-state index contributed by atoms with van der Waals surface area (Å²) in [6, 6.07) is 26.9. The molecule has 1 aliphatic rings. The second kappa shape index (κ2) is 14.4. The standard InChI is InChI=1S/C36H47NO5Si/c1-8-27-25-37(26-29-19-20-30(39-5)24-34(29)40-6)33(35(38)41-7)23-28(27)21-22-42-43(36(2,3)4,31-15-11-9-12-16-31)32-17-13-10-14-18-32/h8-20,24,27-28,33H,1,21-23,25-26H2,2-7H3/t27-,28-,33+/m1/s1. The summed E-state index contributed by atoms with van der Waals surface area (Å²) < 4.78 is 23.5. The molecule has 1 saturated heterocycles. The Balaban J connectivity index is 1.58. The maximum absolute atomic E-state index is 13.1. The van der Waals surface area contributed by atoms with E-state index in [4.69, 9.17) is 18.6 Å². The van der Waals surface area contributed by atoms with E-state index in [1.54, 1.807) is 14.2 Å². The Bertz CT molecular complexity index is 1300. The van der Waals surface area contributed by atoms with E-state index in [0.717, 1.165) is 23.5 Å². The van der Waals surface area contributed by atoms with Gasteiger partial charge in [-0.2, -0.15) is 0 Å². The number of carbonyl (C=O) groups excluding carboxylic acids is 1. The van der Waals surface area contributed by atoms with Gasteiger partial charge in [-0.25, -0.2) is 0 Å². The van der Waals surface area contributed by atoms with Gasteiger partial charge >= 0.3 is 5.97 Å². The van der Waals surface area contributed by atoms with Gasteiger partial charge in [0.25, 0.3) is 8.32 Å². The third kappa shape index (κ3) is 7.06. The zero-order chi connectivity index (χ0) is 31.0. The molecule has 1 aliphatic heterocycles. The van der Waals surface area contributed by atoms with Gasteiger partial charge in [0.2, 0.25) is 0 Å². The van der Waals surface area contributed by atoms with Gasteiger partial charge in [-0.1, -0.05) is 93.6 Å². The van der Waals surface area contributed by atoms with Crippen LogP contribution < -0.4 is 19.8 Å². The van der Waals surface area contributed by atoms with E-state index in [9.17, 15) is 4.79 Å². The highest BCUT2D eigenvalue weighted by atomic mass is 28.4. The van der Waals surface area contributed by atoms with Crippen molar-refractivity contribution in [1.29, 1.82) is 0 Å². The van der Waals surface area contributed by atoms with Crippen LogP contribution in [0.25, 0.3) is 0 Å². The van der Waals surface area contributed by atoms with Crippen LogP contribution in [0.4, 0.5) is 0 Å². The number of piperidine rings is 1. The fourth-order valence-corrected chi connectivity index (χ4v) is 11.2. The predicted octanol–water partition coefficient (Wildman–Crippen LogP) is 5.84. The second-order valence-corrected chi connectivity index (χ2v) is 16.6. The molecular weight excluding hydrogens is 554 g/mol. The van der Waals surface area contributed by atoms with E-state index in [0.29, 0.717) is 26.1 Å². The third-order valence-corrected chi connectivity index (χ3v) is 13.9. The first-order valence-corrected chi connectivity index (χ1v) is 17.0. The minimum absolute atomic E-state index is 0.0944. The lowest BCUT2D eigenvalue weighted by Crippen LogP contribution is -2.66. The van der Waals surface area contributed by atoms with Gasteiger partial charge in [-0.3, -0.25) is 9.69 Å². The van der Waals surface area contributed by atoms with Crippen molar-refractivity contribution in [2.24, 2.45) is 11.8 Å². The molecule has 6 nitrogen and oxygen atoms in total. The molecule has 0 saturated carbocycles. The van der Waals surface area contributed by atoms with Crippen LogP contribution in [0.1, 0.15) is 39.2 Å². The summed E-state index contributed by atoms with van der Waals surface area (Å²) in [6.07, 6.45) is 3.54. The molecule has 1 heterocycles. The molecule has 7 heteroatoms. The summed E-state index contributed by atoms with van der Waals surface area (Å²) >= 11 is 0. The van der Waals surface area contributed by atoms with Crippen molar-refractivity contribution in [3.05, 3.63) is 97.1 Å². The maximum atomic E-state index is 13.1. The third-order valence-electron chi connectivity index (χ3n) is 8.89. The molecule has 3 aromatic carbocycles. The van der Waals surface area contributed by atoms with Crippen LogP contribution >= 0.6 is 0 Å². The first kappa shape index (κ1) is 32.5. The van der Waals surface area contributed by atoms with Crippen LogP contribution in [-0.2, 0) is 20.5 Å². The minimum Gasteiger partial charge on any atom is -0.497 e. The molecule has 0 spiro atoms. The number of hydrogen-bond acceptors (Lipinski definition) is 6. The van der Waals surface area contributed by atoms with Gasteiger partial charge in [0.1, 0.15) is 17.5 Å². The summed E-state index contributed by atoms with van der Waals surface area (Å²) in [5.74, 6) is 1.68. The SMILES string of the molecule is C=C[C@@H]1CN(Cc2ccc(OC)cc2OC)[C@H](C(=O)OC)C[C@H]1CCO[Si](c1ccccc1)(c1ccccc1)C(C)(C)C. The quantitative estimate of drug-likeness (QED) is 0.148. The summed E-state index contributed by atoms with van der Waals surface area (Å²) in [4.78, 5) is 15.3. The molecule has 0 bridgehead atoms. The van der Waals surface area contributed by atoms with Crippen molar-refractivity contribution in [3.8, 4) is 11.5 Å². The van der Waals surface area contributed by atoms with Gasteiger partial charge in [0, 0.05) is 31.3 Å². The first-order valence-electron chi connectivity index (χ1n) is 15.1. The highest BCUT2D eigenvalue weighted by Gasteiger charge is 2.50. The largest absolute Gasteiger partial charge is 0.497 e. The lowest BCUT2D eigenvalue weighted by Gasteiger charge is -2.45. The van der Waals surface area contributed by atoms with E-state index >= 15 is 0 Å². The molecule has 0 aliphatic carbocycles. The molecule has 230 valence electrons. The van der Waals surface area contributed by atoms with Crippen molar-refractivity contribution < 1.29 is 23.4 Å². The average Bonchev–Trinajstić information content (AvgIpc) is 3.03. The van der Waals surface area contributed by atoms with Gasteiger partial charge in [-0.15, -0.1) is 6.58 Å². The van der Waals surface area contributed by atoms with Crippen LogP contribution in [0, 0.1) is 11.8 Å². The molecule has 0 radical (unpaired) electrons. The maximum Gasteiger partial charge on any atom is 0.323 e. The van der Waals surface area contributed by atoms with E-state index in [1.807, 2.05) is 24.3 Å². The molecule has 4 rings (SSSR count). The average molecular weight is 602 g/mol. The van der Waals surface area contributed by atoms with Crippen molar-refractivity contribution in [2.45, 2.75) is 51.2 Å². The molecule has 0 aromatic heterocycles. The zero-order valence-electron chi connectivity index (χ0n) is 26.5. The monoisotopic (exact) mass is 601 g/mol. The molecule has 0 amide bonds. The van der Waals surface area contributed by atoms with Crippen molar-refractivity contribution in [2.75, 3.05) is 34.5 Å². The summed E-state index contributed by atoms with van der Waals surface area (Å²) in [5.41, 5.74) is 0.994. The Morgan fingerprint density at radius 3 is 2.09 bits per heavy atom. The number of ether oxygens (including phenoxy) is 3. The van der Waals surface area contributed by atoms with E-state index < -0.39 is 8.32 Å². The molecule has 3 atom stereocenters. The Morgan fingerprint density at radius 2 is 1.58 bits per heavy atom. The Labute approximate surface area is 258 Å². The highest BCUT2D eigenvalue weighted by molar-refractivity contribution is 6.99.